The highest BCUT2D eigenvalue weighted by Crippen LogP contribution is 2.30. The molecule has 1 atom stereocenters. The van der Waals surface area contributed by atoms with Crippen LogP contribution in [0.3, 0.4) is 0 Å². The molecule has 0 radical (unpaired) electrons. The fourth-order valence-electron chi connectivity index (χ4n) is 4.68. The van der Waals surface area contributed by atoms with Crippen LogP contribution in [0.4, 0.5) is 5.82 Å². The SMILES string of the molecule is CCCc1cccc(-c2cc(NC(=O)[C@H]3CNC(=O)C3)nn2CCC2CCCC2)c1. The van der Waals surface area contributed by atoms with Crippen LogP contribution in [0.5, 0.6) is 0 Å². The summed E-state index contributed by atoms with van der Waals surface area (Å²) < 4.78 is 2.05. The Morgan fingerprint density at radius 1 is 1.27 bits per heavy atom. The molecule has 2 fully saturated rings. The zero-order valence-corrected chi connectivity index (χ0v) is 17.8. The van der Waals surface area contributed by atoms with E-state index in [4.69, 9.17) is 5.10 Å². The Labute approximate surface area is 178 Å². The lowest BCUT2D eigenvalue weighted by Gasteiger charge is -2.12. The van der Waals surface area contributed by atoms with Gasteiger partial charge in [0.1, 0.15) is 0 Å². The molecule has 1 aliphatic heterocycles. The van der Waals surface area contributed by atoms with E-state index >= 15 is 0 Å². The second-order valence-electron chi connectivity index (χ2n) is 8.72. The summed E-state index contributed by atoms with van der Waals surface area (Å²) in [5.74, 6) is 0.826. The molecule has 0 bridgehead atoms. The topological polar surface area (TPSA) is 76.0 Å². The monoisotopic (exact) mass is 408 g/mol. The standard InChI is InChI=1S/C24H32N4O2/c1-2-6-18-9-5-10-19(13-18)21-15-22(26-24(30)20-14-23(29)25-16-20)27-28(21)12-11-17-7-3-4-8-17/h5,9-10,13,15,17,20H,2-4,6-8,11-12,14,16H2,1H3,(H,25,29)(H,26,27,30)/t20-/m1/s1. The van der Waals surface area contributed by atoms with Crippen molar-refractivity contribution in [3.05, 3.63) is 35.9 Å². The largest absolute Gasteiger partial charge is 0.355 e. The Hall–Kier alpha value is -2.63. The third-order valence-electron chi connectivity index (χ3n) is 6.36. The van der Waals surface area contributed by atoms with Crippen molar-refractivity contribution in [3.8, 4) is 11.3 Å². The summed E-state index contributed by atoms with van der Waals surface area (Å²) in [7, 11) is 0. The van der Waals surface area contributed by atoms with Gasteiger partial charge in [-0.25, -0.2) is 0 Å². The minimum atomic E-state index is -0.322. The Balaban J connectivity index is 1.55. The van der Waals surface area contributed by atoms with E-state index in [2.05, 4.69) is 46.5 Å². The maximum absolute atomic E-state index is 12.6. The van der Waals surface area contributed by atoms with E-state index in [0.717, 1.165) is 43.0 Å². The number of aryl methyl sites for hydroxylation is 2. The van der Waals surface area contributed by atoms with Crippen LogP contribution in [0.2, 0.25) is 0 Å². The highest BCUT2D eigenvalue weighted by molar-refractivity contribution is 5.96. The van der Waals surface area contributed by atoms with E-state index in [1.807, 2.05) is 6.07 Å². The van der Waals surface area contributed by atoms with E-state index in [-0.39, 0.29) is 24.2 Å². The van der Waals surface area contributed by atoms with Crippen LogP contribution < -0.4 is 10.6 Å². The number of carbonyl (C=O) groups excluding carboxylic acids is 2. The molecule has 6 nitrogen and oxygen atoms in total. The molecule has 1 aromatic heterocycles. The Bertz CT molecular complexity index is 898. The molecule has 1 aliphatic carbocycles. The number of amides is 2. The summed E-state index contributed by atoms with van der Waals surface area (Å²) in [5, 5.41) is 10.4. The summed E-state index contributed by atoms with van der Waals surface area (Å²) in [5.41, 5.74) is 3.50. The Morgan fingerprint density at radius 3 is 2.83 bits per heavy atom. The van der Waals surface area contributed by atoms with Gasteiger partial charge in [0.2, 0.25) is 11.8 Å². The summed E-state index contributed by atoms with van der Waals surface area (Å²) in [6.45, 7) is 3.45. The molecule has 0 unspecified atom stereocenters. The molecule has 2 aliphatic rings. The average molecular weight is 409 g/mol. The number of anilines is 1. The molecule has 30 heavy (non-hydrogen) atoms. The fourth-order valence-corrected chi connectivity index (χ4v) is 4.68. The van der Waals surface area contributed by atoms with Crippen molar-refractivity contribution < 1.29 is 9.59 Å². The van der Waals surface area contributed by atoms with E-state index in [1.165, 1.54) is 31.2 Å². The molecule has 0 spiro atoms. The van der Waals surface area contributed by atoms with Crippen molar-refractivity contribution in [1.29, 1.82) is 0 Å². The van der Waals surface area contributed by atoms with Crippen molar-refractivity contribution in [2.24, 2.45) is 11.8 Å². The van der Waals surface area contributed by atoms with Gasteiger partial charge in [-0.15, -0.1) is 0 Å². The predicted octanol–water partition coefficient (Wildman–Crippen LogP) is 4.16. The van der Waals surface area contributed by atoms with Gasteiger partial charge in [0.05, 0.1) is 11.6 Å². The van der Waals surface area contributed by atoms with E-state index in [9.17, 15) is 9.59 Å². The lowest BCUT2D eigenvalue weighted by atomic mass is 10.0. The first-order chi connectivity index (χ1) is 14.6. The number of carbonyl (C=O) groups is 2. The van der Waals surface area contributed by atoms with E-state index < -0.39 is 0 Å². The van der Waals surface area contributed by atoms with Gasteiger partial charge in [0.15, 0.2) is 5.82 Å². The molecule has 4 rings (SSSR count). The van der Waals surface area contributed by atoms with Gasteiger partial charge < -0.3 is 10.6 Å². The minimum Gasteiger partial charge on any atom is -0.355 e. The van der Waals surface area contributed by atoms with E-state index in [0.29, 0.717) is 12.4 Å². The first-order valence-corrected chi connectivity index (χ1v) is 11.4. The lowest BCUT2D eigenvalue weighted by Crippen LogP contribution is -2.25. The molecule has 6 heteroatoms. The summed E-state index contributed by atoms with van der Waals surface area (Å²) >= 11 is 0. The first-order valence-electron chi connectivity index (χ1n) is 11.4. The molecule has 2 heterocycles. The number of benzene rings is 1. The van der Waals surface area contributed by atoms with Crippen molar-refractivity contribution >= 4 is 17.6 Å². The highest BCUT2D eigenvalue weighted by Gasteiger charge is 2.28. The van der Waals surface area contributed by atoms with Crippen LogP contribution in [-0.4, -0.2) is 28.1 Å². The number of rotatable bonds is 8. The predicted molar refractivity (Wildman–Crippen MR) is 118 cm³/mol. The first kappa shape index (κ1) is 20.6. The Kier molecular flexibility index (Phi) is 6.50. The Morgan fingerprint density at radius 2 is 2.10 bits per heavy atom. The highest BCUT2D eigenvalue weighted by atomic mass is 16.2. The maximum Gasteiger partial charge on any atom is 0.230 e. The molecule has 2 N–H and O–H groups in total. The second-order valence-corrected chi connectivity index (χ2v) is 8.72. The van der Waals surface area contributed by atoms with Crippen molar-refractivity contribution in [2.45, 2.75) is 64.8 Å². The van der Waals surface area contributed by atoms with Crippen molar-refractivity contribution in [2.75, 3.05) is 11.9 Å². The van der Waals surface area contributed by atoms with Gasteiger partial charge in [-0.05, 0) is 30.4 Å². The summed E-state index contributed by atoms with van der Waals surface area (Å²) in [6.07, 6.45) is 8.84. The molecule has 2 amide bonds. The van der Waals surface area contributed by atoms with Crippen LogP contribution >= 0.6 is 0 Å². The normalized spacial score (nSPS) is 19.2. The summed E-state index contributed by atoms with van der Waals surface area (Å²) in [6, 6.07) is 10.6. The fraction of sp³-hybridized carbons (Fsp3) is 0.542. The number of hydrogen-bond donors (Lipinski definition) is 2. The lowest BCUT2D eigenvalue weighted by molar-refractivity contribution is -0.123. The zero-order chi connectivity index (χ0) is 20.9. The van der Waals surface area contributed by atoms with Gasteiger partial charge in [0, 0.05) is 31.1 Å². The van der Waals surface area contributed by atoms with Crippen LogP contribution in [-0.2, 0) is 22.6 Å². The molecule has 1 aromatic carbocycles. The number of hydrogen-bond acceptors (Lipinski definition) is 3. The number of nitrogens with one attached hydrogen (secondary N) is 2. The van der Waals surface area contributed by atoms with Crippen LogP contribution in [0.15, 0.2) is 30.3 Å². The third-order valence-corrected chi connectivity index (χ3v) is 6.36. The van der Waals surface area contributed by atoms with Gasteiger partial charge in [-0.3, -0.25) is 14.3 Å². The van der Waals surface area contributed by atoms with Crippen molar-refractivity contribution in [3.63, 3.8) is 0 Å². The zero-order valence-electron chi connectivity index (χ0n) is 17.8. The van der Waals surface area contributed by atoms with Crippen LogP contribution in [0, 0.1) is 11.8 Å². The second kappa shape index (κ2) is 9.45. The van der Waals surface area contributed by atoms with Gasteiger partial charge in [-0.1, -0.05) is 57.2 Å². The quantitative estimate of drug-likeness (QED) is 0.689. The van der Waals surface area contributed by atoms with E-state index in [1.54, 1.807) is 0 Å². The molecule has 2 aromatic rings. The van der Waals surface area contributed by atoms with Gasteiger partial charge >= 0.3 is 0 Å². The number of nitrogens with zero attached hydrogens (tertiary/aromatic N) is 2. The maximum atomic E-state index is 12.6. The smallest absolute Gasteiger partial charge is 0.230 e. The molecular weight excluding hydrogens is 376 g/mol. The molecular formula is C24H32N4O2. The van der Waals surface area contributed by atoms with Gasteiger partial charge in [0.25, 0.3) is 0 Å². The molecule has 1 saturated heterocycles. The third kappa shape index (κ3) is 4.91. The average Bonchev–Trinajstić information content (AvgIpc) is 3.48. The number of aromatic nitrogens is 2. The van der Waals surface area contributed by atoms with Crippen LogP contribution in [0.1, 0.15) is 57.4 Å². The van der Waals surface area contributed by atoms with Gasteiger partial charge in [-0.2, -0.15) is 5.10 Å². The summed E-state index contributed by atoms with van der Waals surface area (Å²) in [4.78, 5) is 24.0. The molecule has 160 valence electrons. The van der Waals surface area contributed by atoms with Crippen LogP contribution in [0.25, 0.3) is 11.3 Å². The molecule has 1 saturated carbocycles. The van der Waals surface area contributed by atoms with Crippen molar-refractivity contribution in [1.82, 2.24) is 15.1 Å². The minimum absolute atomic E-state index is 0.0642.